The number of fused-ring (bicyclic) bond motifs is 2. The molecule has 3 aromatic rings. The van der Waals surface area contributed by atoms with Crippen LogP contribution in [0.4, 0.5) is 0 Å². The van der Waals surface area contributed by atoms with Gasteiger partial charge < -0.3 is 5.11 Å². The van der Waals surface area contributed by atoms with E-state index in [1.54, 1.807) is 15.6 Å². The number of nitrogens with zero attached hydrogens (tertiary/aromatic N) is 5. The van der Waals surface area contributed by atoms with Gasteiger partial charge in [0.1, 0.15) is 11.0 Å². The van der Waals surface area contributed by atoms with E-state index in [0.717, 1.165) is 12.0 Å². The van der Waals surface area contributed by atoms with E-state index in [1.807, 2.05) is 39.2 Å². The lowest BCUT2D eigenvalue weighted by Crippen LogP contribution is -2.26. The molecular formula is C19H23N5O2S. The number of pyridine rings is 1. The van der Waals surface area contributed by atoms with Gasteiger partial charge in [-0.25, -0.2) is 24.3 Å². The van der Waals surface area contributed by atoms with Gasteiger partial charge in [-0.15, -0.1) is 0 Å². The Balaban J connectivity index is 2.03. The molecule has 0 saturated heterocycles. The molecule has 7 nitrogen and oxygen atoms in total. The van der Waals surface area contributed by atoms with Crippen LogP contribution in [-0.4, -0.2) is 35.7 Å². The Kier molecular flexibility index (Phi) is 4.35. The average molecular weight is 385 g/mol. The van der Waals surface area contributed by atoms with Crippen molar-refractivity contribution in [3.05, 3.63) is 39.9 Å². The number of hydrogen-bond acceptors (Lipinski definition) is 6. The fourth-order valence-electron chi connectivity index (χ4n) is 3.77. The molecule has 1 N–H and O–H groups in total. The largest absolute Gasteiger partial charge is 0.384 e. The molecule has 3 heterocycles. The van der Waals surface area contributed by atoms with E-state index in [-0.39, 0.29) is 11.6 Å². The maximum Gasteiger partial charge on any atom is 0.278 e. The lowest BCUT2D eigenvalue weighted by atomic mass is 9.98. The quantitative estimate of drug-likeness (QED) is 0.549. The van der Waals surface area contributed by atoms with Gasteiger partial charge in [0, 0.05) is 12.2 Å². The molecule has 0 fully saturated rings. The minimum Gasteiger partial charge on any atom is -0.384 e. The molecule has 0 aromatic carbocycles. The van der Waals surface area contributed by atoms with Crippen LogP contribution in [0.5, 0.6) is 0 Å². The van der Waals surface area contributed by atoms with Crippen LogP contribution in [0.1, 0.15) is 50.9 Å². The summed E-state index contributed by atoms with van der Waals surface area (Å²) in [4.78, 5) is 26.6. The van der Waals surface area contributed by atoms with Gasteiger partial charge in [-0.3, -0.25) is 4.79 Å². The van der Waals surface area contributed by atoms with Crippen molar-refractivity contribution >= 4 is 22.8 Å². The molecule has 4 rings (SSSR count). The second-order valence-corrected chi connectivity index (χ2v) is 7.98. The number of hydrogen-bond donors (Lipinski definition) is 1. The molecule has 142 valence electrons. The first kappa shape index (κ1) is 18.2. The summed E-state index contributed by atoms with van der Waals surface area (Å²) in [6.07, 6.45) is 5.59. The van der Waals surface area contributed by atoms with Crippen LogP contribution in [-0.2, 0) is 12.0 Å². The van der Waals surface area contributed by atoms with Crippen LogP contribution < -0.4 is 5.56 Å². The molecule has 0 aliphatic heterocycles. The topological polar surface area (TPSA) is 85.8 Å². The highest BCUT2D eigenvalue weighted by Gasteiger charge is 2.37. The Morgan fingerprint density at radius 3 is 2.78 bits per heavy atom. The van der Waals surface area contributed by atoms with Gasteiger partial charge in [-0.05, 0) is 51.0 Å². The van der Waals surface area contributed by atoms with Crippen molar-refractivity contribution in [1.82, 2.24) is 24.3 Å². The van der Waals surface area contributed by atoms with Gasteiger partial charge in [0.15, 0.2) is 16.6 Å². The van der Waals surface area contributed by atoms with Crippen molar-refractivity contribution in [2.24, 2.45) is 0 Å². The predicted molar refractivity (Wildman–Crippen MR) is 106 cm³/mol. The number of aromatic nitrogens is 5. The summed E-state index contributed by atoms with van der Waals surface area (Å²) < 4.78 is 3.41. The first-order valence-corrected chi connectivity index (χ1v) is 10.4. The minimum atomic E-state index is -0.906. The van der Waals surface area contributed by atoms with Crippen molar-refractivity contribution in [3.63, 3.8) is 0 Å². The van der Waals surface area contributed by atoms with Crippen LogP contribution in [0, 0.1) is 0 Å². The maximum absolute atomic E-state index is 13.0. The van der Waals surface area contributed by atoms with E-state index in [9.17, 15) is 9.90 Å². The summed E-state index contributed by atoms with van der Waals surface area (Å²) in [6.45, 7) is 5.88. The summed E-state index contributed by atoms with van der Waals surface area (Å²) in [5.74, 6) is 0.592. The highest BCUT2D eigenvalue weighted by molar-refractivity contribution is 7.98. The molecule has 0 bridgehead atoms. The molecule has 1 aliphatic rings. The van der Waals surface area contributed by atoms with Crippen LogP contribution in [0.2, 0.25) is 0 Å². The van der Waals surface area contributed by atoms with E-state index in [2.05, 4.69) is 9.97 Å². The fourth-order valence-corrected chi connectivity index (χ4v) is 4.11. The molecule has 1 aliphatic carbocycles. The van der Waals surface area contributed by atoms with Gasteiger partial charge >= 0.3 is 0 Å². The van der Waals surface area contributed by atoms with Crippen molar-refractivity contribution in [2.45, 2.75) is 56.8 Å². The second kappa shape index (κ2) is 6.45. The Hall–Kier alpha value is -2.19. The zero-order valence-corrected chi connectivity index (χ0v) is 16.7. The summed E-state index contributed by atoms with van der Waals surface area (Å²) >= 11 is 1.43. The van der Waals surface area contributed by atoms with E-state index < -0.39 is 5.60 Å². The molecule has 27 heavy (non-hydrogen) atoms. The molecule has 0 unspecified atom stereocenters. The number of rotatable bonds is 4. The SMILES string of the molecule is CC[C@@]1(O)CCc2ccc(-n3c4nc(SC)ncc4c(=O)n3C(C)C)nc21. The molecule has 3 aromatic heterocycles. The summed E-state index contributed by atoms with van der Waals surface area (Å²) in [6, 6.07) is 3.83. The maximum atomic E-state index is 13.0. The van der Waals surface area contributed by atoms with Gasteiger partial charge in [0.05, 0.1) is 5.69 Å². The molecule has 0 saturated carbocycles. The smallest absolute Gasteiger partial charge is 0.278 e. The monoisotopic (exact) mass is 385 g/mol. The van der Waals surface area contributed by atoms with Crippen LogP contribution in [0.25, 0.3) is 16.9 Å². The zero-order valence-electron chi connectivity index (χ0n) is 15.9. The van der Waals surface area contributed by atoms with Crippen LogP contribution >= 0.6 is 11.8 Å². The normalized spacial score (nSPS) is 19.2. The van der Waals surface area contributed by atoms with Gasteiger partial charge in [0.2, 0.25) is 0 Å². The summed E-state index contributed by atoms with van der Waals surface area (Å²) in [7, 11) is 0. The van der Waals surface area contributed by atoms with Crippen LogP contribution in [0.15, 0.2) is 28.3 Å². The second-order valence-electron chi connectivity index (χ2n) is 7.21. The molecule has 1 atom stereocenters. The van der Waals surface area contributed by atoms with Gasteiger partial charge in [-0.2, -0.15) is 0 Å². The van der Waals surface area contributed by atoms with Crippen LogP contribution in [0.3, 0.4) is 0 Å². The molecule has 0 amide bonds. The van der Waals surface area contributed by atoms with Gasteiger partial charge in [0.25, 0.3) is 5.56 Å². The van der Waals surface area contributed by atoms with Gasteiger partial charge in [-0.1, -0.05) is 24.8 Å². The van der Waals surface area contributed by atoms with Crippen molar-refractivity contribution in [3.8, 4) is 5.82 Å². The first-order chi connectivity index (χ1) is 12.9. The average Bonchev–Trinajstić information content (AvgIpc) is 3.16. The Labute approximate surface area is 161 Å². The lowest BCUT2D eigenvalue weighted by molar-refractivity contribution is 0.0305. The molecule has 0 radical (unpaired) electrons. The van der Waals surface area contributed by atoms with E-state index >= 15 is 0 Å². The number of aliphatic hydroxyl groups is 1. The Morgan fingerprint density at radius 1 is 1.33 bits per heavy atom. The predicted octanol–water partition coefficient (Wildman–Crippen LogP) is 2.82. The fraction of sp³-hybridized carbons (Fsp3) is 0.474. The standard InChI is InChI=1S/C19H23N5O2S/c1-5-19(26)9-8-12-6-7-14(21-15(12)19)24-16-13(10-20-18(22-16)27-4)17(25)23(24)11(2)3/h6-7,10-11,26H,5,8-9H2,1-4H3/t19-/m1/s1. The molecule has 0 spiro atoms. The summed E-state index contributed by atoms with van der Waals surface area (Å²) in [5.41, 5.74) is 1.28. The van der Waals surface area contributed by atoms with Crippen molar-refractivity contribution in [1.29, 1.82) is 0 Å². The highest BCUT2D eigenvalue weighted by atomic mass is 32.2. The van der Waals surface area contributed by atoms with E-state index in [1.165, 1.54) is 11.8 Å². The van der Waals surface area contributed by atoms with Crippen molar-refractivity contribution < 1.29 is 5.11 Å². The van der Waals surface area contributed by atoms with Crippen molar-refractivity contribution in [2.75, 3.05) is 6.26 Å². The Morgan fingerprint density at radius 2 is 2.11 bits per heavy atom. The summed E-state index contributed by atoms with van der Waals surface area (Å²) in [5, 5.41) is 12.0. The third-order valence-electron chi connectivity index (χ3n) is 5.29. The molecular weight excluding hydrogens is 362 g/mol. The van der Waals surface area contributed by atoms with E-state index in [0.29, 0.717) is 40.5 Å². The first-order valence-electron chi connectivity index (χ1n) is 9.17. The number of aryl methyl sites for hydroxylation is 1. The third-order valence-corrected chi connectivity index (χ3v) is 5.85. The highest BCUT2D eigenvalue weighted by Crippen LogP contribution is 2.38. The molecule has 8 heteroatoms. The lowest BCUT2D eigenvalue weighted by Gasteiger charge is -2.22. The minimum absolute atomic E-state index is 0.0791. The Bertz CT molecular complexity index is 1090. The number of thioether (sulfide) groups is 1. The van der Waals surface area contributed by atoms with E-state index in [4.69, 9.17) is 4.98 Å². The zero-order chi connectivity index (χ0) is 19.3. The third kappa shape index (κ3) is 2.70.